The van der Waals surface area contributed by atoms with Crippen LogP contribution in [0.15, 0.2) is 51.7 Å². The minimum Gasteiger partial charge on any atom is -0.499 e. The second-order valence-electron chi connectivity index (χ2n) is 7.68. The number of methoxy groups -OCH3 is 1. The summed E-state index contributed by atoms with van der Waals surface area (Å²) in [4.78, 5) is 12.2. The monoisotopic (exact) mass is 476 g/mol. The molecule has 1 aliphatic heterocycles. The lowest BCUT2D eigenvalue weighted by atomic mass is 9.99. The largest absolute Gasteiger partial charge is 0.499 e. The number of aliphatic hydroxyl groups is 4. The summed E-state index contributed by atoms with van der Waals surface area (Å²) < 4.78 is 26.8. The van der Waals surface area contributed by atoms with Crippen molar-refractivity contribution in [2.75, 3.05) is 13.7 Å². The van der Waals surface area contributed by atoms with E-state index in [2.05, 4.69) is 0 Å². The van der Waals surface area contributed by atoms with E-state index in [0.717, 1.165) is 5.56 Å². The maximum absolute atomic E-state index is 12.2. The van der Waals surface area contributed by atoms with Gasteiger partial charge in [0, 0.05) is 6.07 Å². The van der Waals surface area contributed by atoms with Crippen molar-refractivity contribution in [2.24, 2.45) is 0 Å². The van der Waals surface area contributed by atoms with Gasteiger partial charge in [-0.3, -0.25) is 0 Å². The van der Waals surface area contributed by atoms with Crippen molar-refractivity contribution in [1.29, 1.82) is 0 Å². The van der Waals surface area contributed by atoms with Gasteiger partial charge < -0.3 is 48.9 Å². The number of aromatic hydroxyl groups is 1. The molecule has 0 aliphatic carbocycles. The van der Waals surface area contributed by atoms with E-state index in [1.54, 1.807) is 31.4 Å². The Hall–Kier alpha value is -3.35. The van der Waals surface area contributed by atoms with Gasteiger partial charge in [-0.2, -0.15) is 0 Å². The molecule has 34 heavy (non-hydrogen) atoms. The van der Waals surface area contributed by atoms with Gasteiger partial charge in [0.1, 0.15) is 48.1 Å². The Balaban J connectivity index is 1.58. The van der Waals surface area contributed by atoms with Gasteiger partial charge in [-0.25, -0.2) is 4.79 Å². The summed E-state index contributed by atoms with van der Waals surface area (Å²) in [5.41, 5.74) is -0.235. The van der Waals surface area contributed by atoms with E-state index in [4.69, 9.17) is 23.4 Å². The van der Waals surface area contributed by atoms with Crippen LogP contribution in [0.1, 0.15) is 5.56 Å². The van der Waals surface area contributed by atoms with Gasteiger partial charge in [0.25, 0.3) is 0 Å². The molecule has 1 aliphatic rings. The van der Waals surface area contributed by atoms with Crippen LogP contribution in [0.25, 0.3) is 11.0 Å². The molecule has 3 aromatic rings. The van der Waals surface area contributed by atoms with Crippen molar-refractivity contribution in [3.05, 3.63) is 58.4 Å². The number of rotatable bonds is 7. The Morgan fingerprint density at radius 2 is 1.68 bits per heavy atom. The fourth-order valence-corrected chi connectivity index (χ4v) is 3.54. The van der Waals surface area contributed by atoms with E-state index >= 15 is 0 Å². The predicted molar refractivity (Wildman–Crippen MR) is 116 cm³/mol. The molecule has 0 bridgehead atoms. The first-order valence-electron chi connectivity index (χ1n) is 10.3. The molecule has 2 aromatic carbocycles. The fraction of sp³-hybridized carbons (Fsp3) is 0.348. The first-order chi connectivity index (χ1) is 16.3. The highest BCUT2D eigenvalue weighted by Gasteiger charge is 2.44. The lowest BCUT2D eigenvalue weighted by molar-refractivity contribution is -0.277. The summed E-state index contributed by atoms with van der Waals surface area (Å²) >= 11 is 0. The van der Waals surface area contributed by atoms with Gasteiger partial charge in [-0.05, 0) is 29.8 Å². The SMILES string of the molecule is COc1ccc(COc2c(O)c(=O)oc3cc(O[C@@H]4O[C@H](CO)[C@H](O)[C@H](O)[C@H]4O)ccc23)cc1. The highest BCUT2D eigenvalue weighted by Crippen LogP contribution is 2.35. The Labute approximate surface area is 192 Å². The number of hydrogen-bond acceptors (Lipinski definition) is 11. The van der Waals surface area contributed by atoms with Crippen LogP contribution in [0.2, 0.25) is 0 Å². The van der Waals surface area contributed by atoms with Gasteiger partial charge in [0.05, 0.1) is 19.1 Å². The summed E-state index contributed by atoms with van der Waals surface area (Å²) in [6, 6.07) is 11.3. The summed E-state index contributed by atoms with van der Waals surface area (Å²) in [7, 11) is 1.55. The van der Waals surface area contributed by atoms with Crippen molar-refractivity contribution < 1.29 is 48.9 Å². The molecule has 1 saturated heterocycles. The molecule has 0 spiro atoms. The topological polar surface area (TPSA) is 168 Å². The number of benzene rings is 2. The summed E-state index contributed by atoms with van der Waals surface area (Å²) in [6.45, 7) is -0.551. The van der Waals surface area contributed by atoms with E-state index in [-0.39, 0.29) is 29.1 Å². The van der Waals surface area contributed by atoms with Crippen LogP contribution in [0.3, 0.4) is 0 Å². The normalized spacial score (nSPS) is 24.7. The van der Waals surface area contributed by atoms with E-state index in [0.29, 0.717) is 5.75 Å². The third-order valence-electron chi connectivity index (χ3n) is 5.45. The maximum Gasteiger partial charge on any atom is 0.382 e. The van der Waals surface area contributed by atoms with Crippen LogP contribution in [0.4, 0.5) is 0 Å². The molecule has 0 unspecified atom stereocenters. The second-order valence-corrected chi connectivity index (χ2v) is 7.68. The molecular weight excluding hydrogens is 452 g/mol. The van der Waals surface area contributed by atoms with Gasteiger partial charge in [-0.1, -0.05) is 12.1 Å². The quantitative estimate of drug-likeness (QED) is 0.297. The lowest BCUT2D eigenvalue weighted by Gasteiger charge is -2.39. The van der Waals surface area contributed by atoms with E-state index in [1.807, 2.05) is 0 Å². The van der Waals surface area contributed by atoms with E-state index < -0.39 is 48.7 Å². The lowest BCUT2D eigenvalue weighted by Crippen LogP contribution is -2.60. The third-order valence-corrected chi connectivity index (χ3v) is 5.45. The zero-order valence-electron chi connectivity index (χ0n) is 18.0. The molecule has 1 aromatic heterocycles. The van der Waals surface area contributed by atoms with Crippen LogP contribution in [-0.4, -0.2) is 70.0 Å². The van der Waals surface area contributed by atoms with Gasteiger partial charge in [0.2, 0.25) is 12.0 Å². The molecule has 11 heteroatoms. The predicted octanol–water partition coefficient (Wildman–Crippen LogP) is 0.265. The summed E-state index contributed by atoms with van der Waals surface area (Å²) in [5, 5.41) is 49.8. The molecule has 0 amide bonds. The average Bonchev–Trinajstić information content (AvgIpc) is 2.85. The van der Waals surface area contributed by atoms with Gasteiger partial charge >= 0.3 is 5.63 Å². The Morgan fingerprint density at radius 1 is 0.971 bits per heavy atom. The molecule has 2 heterocycles. The van der Waals surface area contributed by atoms with Crippen molar-refractivity contribution in [2.45, 2.75) is 37.3 Å². The maximum atomic E-state index is 12.2. The Morgan fingerprint density at radius 3 is 2.35 bits per heavy atom. The molecule has 0 radical (unpaired) electrons. The van der Waals surface area contributed by atoms with E-state index in [9.17, 15) is 30.3 Å². The van der Waals surface area contributed by atoms with Crippen LogP contribution >= 0.6 is 0 Å². The highest BCUT2D eigenvalue weighted by molar-refractivity contribution is 5.86. The van der Waals surface area contributed by atoms with E-state index in [1.165, 1.54) is 18.2 Å². The van der Waals surface area contributed by atoms with Crippen molar-refractivity contribution in [3.8, 4) is 23.0 Å². The molecule has 5 N–H and O–H groups in total. The number of fused-ring (bicyclic) bond motifs is 1. The molecule has 5 atom stereocenters. The zero-order valence-corrected chi connectivity index (χ0v) is 18.0. The average molecular weight is 476 g/mol. The van der Waals surface area contributed by atoms with Gasteiger partial charge in [-0.15, -0.1) is 0 Å². The Bertz CT molecular complexity index is 1190. The first kappa shape index (κ1) is 23.8. The smallest absolute Gasteiger partial charge is 0.382 e. The molecule has 11 nitrogen and oxygen atoms in total. The molecule has 1 fully saturated rings. The third kappa shape index (κ3) is 4.65. The van der Waals surface area contributed by atoms with Crippen LogP contribution < -0.4 is 19.8 Å². The molecular formula is C23H24O11. The summed E-state index contributed by atoms with van der Waals surface area (Å²) in [5.74, 6) is -0.0128. The van der Waals surface area contributed by atoms with Crippen LogP contribution in [0, 0.1) is 0 Å². The fourth-order valence-electron chi connectivity index (χ4n) is 3.54. The summed E-state index contributed by atoms with van der Waals surface area (Å²) in [6.07, 6.45) is -7.30. The van der Waals surface area contributed by atoms with Crippen molar-refractivity contribution >= 4 is 11.0 Å². The molecule has 4 rings (SSSR count). The number of ether oxygens (including phenoxy) is 4. The highest BCUT2D eigenvalue weighted by atomic mass is 16.7. The molecule has 182 valence electrons. The number of aliphatic hydroxyl groups excluding tert-OH is 4. The van der Waals surface area contributed by atoms with Crippen molar-refractivity contribution in [3.63, 3.8) is 0 Å². The first-order valence-corrected chi connectivity index (χ1v) is 10.3. The van der Waals surface area contributed by atoms with Crippen LogP contribution in [-0.2, 0) is 11.3 Å². The van der Waals surface area contributed by atoms with Crippen molar-refractivity contribution in [1.82, 2.24) is 0 Å². The minimum absolute atomic E-state index is 0.0228. The van der Waals surface area contributed by atoms with Gasteiger partial charge in [0.15, 0.2) is 5.75 Å². The molecule has 0 saturated carbocycles. The zero-order chi connectivity index (χ0) is 24.4. The Kier molecular flexibility index (Phi) is 6.91. The number of hydrogen-bond donors (Lipinski definition) is 5. The minimum atomic E-state index is -1.61. The second kappa shape index (κ2) is 9.87. The van der Waals surface area contributed by atoms with Crippen LogP contribution in [0.5, 0.6) is 23.0 Å². The standard InChI is InChI=1S/C23H24O11/c1-30-12-4-2-11(3-5-12)10-31-21-14-7-6-13(8-15(14)33-22(29)20(21)28)32-23-19(27)18(26)17(25)16(9-24)34-23/h2-8,16-19,23-28H,9-10H2,1H3/t16-,17+,18+,19-,23-/m1/s1.